The van der Waals surface area contributed by atoms with E-state index in [9.17, 15) is 14.4 Å². The number of nitrogens with zero attached hydrogens (tertiary/aromatic N) is 1. The molecule has 5 nitrogen and oxygen atoms in total. The van der Waals surface area contributed by atoms with E-state index < -0.39 is 0 Å². The Morgan fingerprint density at radius 1 is 1.21 bits per heavy atom. The number of hydrogen-bond acceptors (Lipinski definition) is 3. The molecule has 1 heterocycles. The van der Waals surface area contributed by atoms with Gasteiger partial charge >= 0.3 is 0 Å². The number of hydrogen-bond donors (Lipinski definition) is 1. The maximum absolute atomic E-state index is 11.4. The van der Waals surface area contributed by atoms with Gasteiger partial charge in [0.15, 0.2) is 0 Å². The summed E-state index contributed by atoms with van der Waals surface area (Å²) in [5.41, 5.74) is 0. The Morgan fingerprint density at radius 3 is 2.21 bits per heavy atom. The fourth-order valence-corrected chi connectivity index (χ4v) is 1.45. The second kappa shape index (κ2) is 9.30. The van der Waals surface area contributed by atoms with Crippen molar-refractivity contribution in [1.29, 1.82) is 0 Å². The third-order valence-corrected chi connectivity index (χ3v) is 2.51. The van der Waals surface area contributed by atoms with Gasteiger partial charge in [0.05, 0.1) is 0 Å². The fourth-order valence-electron chi connectivity index (χ4n) is 1.45. The lowest BCUT2D eigenvalue weighted by Crippen LogP contribution is -2.35. The molecule has 108 valence electrons. The maximum Gasteiger partial charge on any atom is 0.253 e. The molecule has 0 bridgehead atoms. The molecule has 5 heteroatoms. The number of amides is 3. The van der Waals surface area contributed by atoms with Gasteiger partial charge in [0.1, 0.15) is 0 Å². The van der Waals surface area contributed by atoms with Crippen molar-refractivity contribution >= 4 is 17.7 Å². The Labute approximate surface area is 115 Å². The summed E-state index contributed by atoms with van der Waals surface area (Å²) in [5.74, 6) is -0.269. The van der Waals surface area contributed by atoms with Crippen molar-refractivity contribution in [2.45, 2.75) is 40.5 Å². The molecule has 0 saturated heterocycles. The summed E-state index contributed by atoms with van der Waals surface area (Å²) in [6.07, 6.45) is 3.53. The highest BCUT2D eigenvalue weighted by Crippen LogP contribution is 2.04. The van der Waals surface area contributed by atoms with Gasteiger partial charge in [-0.3, -0.25) is 19.3 Å². The van der Waals surface area contributed by atoms with Crippen molar-refractivity contribution in [2.75, 3.05) is 13.1 Å². The molecule has 1 aliphatic heterocycles. The molecule has 0 aromatic heterocycles. The predicted molar refractivity (Wildman–Crippen MR) is 74.3 cm³/mol. The first kappa shape index (κ1) is 17.4. The van der Waals surface area contributed by atoms with Crippen LogP contribution in [0.25, 0.3) is 0 Å². The molecule has 19 heavy (non-hydrogen) atoms. The van der Waals surface area contributed by atoms with E-state index in [0.29, 0.717) is 12.5 Å². The van der Waals surface area contributed by atoms with Gasteiger partial charge in [0, 0.05) is 31.7 Å². The maximum atomic E-state index is 11.4. The van der Waals surface area contributed by atoms with E-state index in [1.54, 1.807) is 0 Å². The Morgan fingerprint density at radius 2 is 1.74 bits per heavy atom. The predicted octanol–water partition coefficient (Wildman–Crippen LogP) is 1.49. The minimum absolute atomic E-state index is 0.127. The van der Waals surface area contributed by atoms with Crippen LogP contribution in [0.1, 0.15) is 40.5 Å². The van der Waals surface area contributed by atoms with Crippen LogP contribution in [-0.4, -0.2) is 35.7 Å². The van der Waals surface area contributed by atoms with Crippen LogP contribution in [0.2, 0.25) is 0 Å². The highest BCUT2D eigenvalue weighted by molar-refractivity contribution is 6.13. The van der Waals surface area contributed by atoms with Gasteiger partial charge in [-0.15, -0.1) is 0 Å². The standard InChI is InChI=1S/C12H18N2O3.C2H6/c1-9(2)5-7-13-10(15)6-8-14-11(16)3-4-12(14)17;1-2/h3-4,9H,5-8H2,1-2H3,(H,13,15);1-2H3. The van der Waals surface area contributed by atoms with E-state index >= 15 is 0 Å². The Kier molecular flexibility index (Phi) is 8.49. The number of carbonyl (C=O) groups excluding carboxylic acids is 3. The molecule has 0 aliphatic carbocycles. The highest BCUT2D eigenvalue weighted by atomic mass is 16.2. The summed E-state index contributed by atoms with van der Waals surface area (Å²) in [7, 11) is 0. The zero-order valence-electron chi connectivity index (χ0n) is 12.2. The number of imide groups is 1. The average Bonchev–Trinajstić information content (AvgIpc) is 2.69. The molecule has 0 aromatic carbocycles. The van der Waals surface area contributed by atoms with Gasteiger partial charge < -0.3 is 5.32 Å². The zero-order valence-corrected chi connectivity index (χ0v) is 12.2. The van der Waals surface area contributed by atoms with E-state index in [-0.39, 0.29) is 30.7 Å². The van der Waals surface area contributed by atoms with Crippen LogP contribution in [0, 0.1) is 5.92 Å². The van der Waals surface area contributed by atoms with Gasteiger partial charge in [0.25, 0.3) is 11.8 Å². The van der Waals surface area contributed by atoms with Crippen LogP contribution in [0.3, 0.4) is 0 Å². The molecule has 0 unspecified atom stereocenters. The van der Waals surface area contributed by atoms with Gasteiger partial charge in [-0.1, -0.05) is 27.7 Å². The first-order valence-corrected chi connectivity index (χ1v) is 6.81. The van der Waals surface area contributed by atoms with Gasteiger partial charge in [-0.2, -0.15) is 0 Å². The van der Waals surface area contributed by atoms with E-state index in [1.165, 1.54) is 12.2 Å². The highest BCUT2D eigenvalue weighted by Gasteiger charge is 2.23. The van der Waals surface area contributed by atoms with Gasteiger partial charge in [-0.25, -0.2) is 0 Å². The van der Waals surface area contributed by atoms with Crippen LogP contribution in [0.15, 0.2) is 12.2 Å². The van der Waals surface area contributed by atoms with Crippen molar-refractivity contribution in [3.63, 3.8) is 0 Å². The van der Waals surface area contributed by atoms with Crippen LogP contribution < -0.4 is 5.32 Å². The van der Waals surface area contributed by atoms with E-state index in [1.807, 2.05) is 13.8 Å². The quantitative estimate of drug-likeness (QED) is 0.742. The molecule has 1 rings (SSSR count). The molecular weight excluding hydrogens is 244 g/mol. The van der Waals surface area contributed by atoms with E-state index in [4.69, 9.17) is 0 Å². The molecule has 0 saturated carbocycles. The van der Waals surface area contributed by atoms with Crippen molar-refractivity contribution in [3.8, 4) is 0 Å². The topological polar surface area (TPSA) is 66.5 Å². The molecule has 0 spiro atoms. The van der Waals surface area contributed by atoms with Crippen LogP contribution in [0.4, 0.5) is 0 Å². The van der Waals surface area contributed by atoms with Gasteiger partial charge in [-0.05, 0) is 12.3 Å². The lowest BCUT2D eigenvalue weighted by Gasteiger charge is -2.13. The lowest BCUT2D eigenvalue weighted by atomic mass is 10.1. The average molecular weight is 268 g/mol. The van der Waals surface area contributed by atoms with Crippen molar-refractivity contribution in [2.24, 2.45) is 5.92 Å². The number of nitrogens with one attached hydrogen (secondary N) is 1. The van der Waals surface area contributed by atoms with Crippen molar-refractivity contribution in [1.82, 2.24) is 10.2 Å². The summed E-state index contributed by atoms with van der Waals surface area (Å²) in [6, 6.07) is 0. The molecule has 1 aliphatic rings. The van der Waals surface area contributed by atoms with E-state index in [2.05, 4.69) is 19.2 Å². The summed E-state index contributed by atoms with van der Waals surface area (Å²) in [6.45, 7) is 8.95. The zero-order chi connectivity index (χ0) is 14.8. The third kappa shape index (κ3) is 6.74. The van der Waals surface area contributed by atoms with Gasteiger partial charge in [0.2, 0.25) is 5.91 Å². The third-order valence-electron chi connectivity index (χ3n) is 2.51. The molecule has 0 atom stereocenters. The summed E-state index contributed by atoms with van der Waals surface area (Å²) in [5, 5.41) is 2.76. The summed E-state index contributed by atoms with van der Waals surface area (Å²) in [4.78, 5) is 34.9. The summed E-state index contributed by atoms with van der Waals surface area (Å²) < 4.78 is 0. The smallest absolute Gasteiger partial charge is 0.253 e. The first-order valence-electron chi connectivity index (χ1n) is 6.81. The van der Waals surface area contributed by atoms with Crippen molar-refractivity contribution < 1.29 is 14.4 Å². The first-order chi connectivity index (χ1) is 9.00. The largest absolute Gasteiger partial charge is 0.356 e. The SMILES string of the molecule is CC.CC(C)CCNC(=O)CCN1C(=O)C=CC1=O. The monoisotopic (exact) mass is 268 g/mol. The Bertz CT molecular complexity index is 331. The molecule has 0 aromatic rings. The van der Waals surface area contributed by atoms with E-state index in [0.717, 1.165) is 11.3 Å². The fraction of sp³-hybridized carbons (Fsp3) is 0.643. The van der Waals surface area contributed by atoms with Crippen LogP contribution >= 0.6 is 0 Å². The molecule has 1 N–H and O–H groups in total. The Balaban J connectivity index is 0.00000154. The second-order valence-corrected chi connectivity index (χ2v) is 4.44. The molecule has 3 amide bonds. The Hall–Kier alpha value is -1.65. The molecule has 0 fully saturated rings. The molecular formula is C14H24N2O3. The summed E-state index contributed by atoms with van der Waals surface area (Å²) >= 11 is 0. The lowest BCUT2D eigenvalue weighted by molar-refractivity contribution is -0.137. The number of carbonyl (C=O) groups is 3. The second-order valence-electron chi connectivity index (χ2n) is 4.44. The number of rotatable bonds is 6. The minimum Gasteiger partial charge on any atom is -0.356 e. The van der Waals surface area contributed by atoms with Crippen molar-refractivity contribution in [3.05, 3.63) is 12.2 Å². The molecule has 0 radical (unpaired) electrons. The normalized spacial score (nSPS) is 13.6. The minimum atomic E-state index is -0.343. The van der Waals surface area contributed by atoms with Crippen LogP contribution in [0.5, 0.6) is 0 Å². The van der Waals surface area contributed by atoms with Crippen LogP contribution in [-0.2, 0) is 14.4 Å².